The van der Waals surface area contributed by atoms with Gasteiger partial charge in [-0.3, -0.25) is 19.5 Å². The van der Waals surface area contributed by atoms with Gasteiger partial charge in [0.05, 0.1) is 0 Å². The fourth-order valence-corrected chi connectivity index (χ4v) is 1.97. The van der Waals surface area contributed by atoms with Crippen molar-refractivity contribution in [2.45, 2.75) is 0 Å². The van der Waals surface area contributed by atoms with Gasteiger partial charge >= 0.3 is 0 Å². The average Bonchev–Trinajstić information content (AvgIpc) is 2.95. The second kappa shape index (κ2) is 7.18. The molecule has 0 bridgehead atoms. The molecule has 0 aliphatic carbocycles. The van der Waals surface area contributed by atoms with Crippen molar-refractivity contribution in [1.29, 1.82) is 0 Å². The molecule has 0 spiro atoms. The van der Waals surface area contributed by atoms with E-state index in [4.69, 9.17) is 9.90 Å². The molecule has 1 amide bonds. The number of H-pyrrole nitrogens is 1. The number of fused-ring (bicyclic) bond motifs is 1. The number of carbonyl (C=O) groups excluding carboxylic acids is 1. The number of carboxylic acid groups (broad SMARTS) is 1. The molecule has 0 fully saturated rings. The van der Waals surface area contributed by atoms with Gasteiger partial charge in [-0.25, -0.2) is 4.39 Å². The van der Waals surface area contributed by atoms with Gasteiger partial charge in [0, 0.05) is 30.3 Å². The zero-order valence-electron chi connectivity index (χ0n) is 12.5. The third-order valence-corrected chi connectivity index (χ3v) is 3.15. The highest BCUT2D eigenvalue weighted by atomic mass is 19.1. The fraction of sp³-hybridized carbons (Fsp3) is 0.0667. The zero-order chi connectivity index (χ0) is 17.7. The number of hydrogen-bond donors (Lipinski definition) is 3. The summed E-state index contributed by atoms with van der Waals surface area (Å²) in [6.07, 6.45) is 1.50. The first kappa shape index (κ1) is 16.9. The van der Waals surface area contributed by atoms with Gasteiger partial charge in [0.25, 0.3) is 17.9 Å². The molecule has 1 aromatic carbocycles. The highest BCUT2D eigenvalue weighted by Crippen LogP contribution is 2.22. The SMILES string of the molecule is Cn1ccc(C(=O)Nc2n[nH]c3c(F)cccc23)cc1=O.O=CO. The van der Waals surface area contributed by atoms with Crippen LogP contribution in [0.25, 0.3) is 10.9 Å². The molecule has 2 heterocycles. The van der Waals surface area contributed by atoms with Crippen LogP contribution in [0.15, 0.2) is 41.3 Å². The van der Waals surface area contributed by atoms with Gasteiger partial charge in [0.15, 0.2) is 5.82 Å². The van der Waals surface area contributed by atoms with Gasteiger partial charge in [-0.1, -0.05) is 6.07 Å². The number of hydrogen-bond acceptors (Lipinski definition) is 4. The van der Waals surface area contributed by atoms with E-state index in [1.807, 2.05) is 0 Å². The van der Waals surface area contributed by atoms with E-state index in [0.29, 0.717) is 5.39 Å². The van der Waals surface area contributed by atoms with E-state index in [2.05, 4.69) is 15.5 Å². The van der Waals surface area contributed by atoms with Gasteiger partial charge in [-0.2, -0.15) is 5.10 Å². The Morgan fingerprint density at radius 1 is 1.42 bits per heavy atom. The van der Waals surface area contributed by atoms with Crippen LogP contribution in [0.4, 0.5) is 10.2 Å². The van der Waals surface area contributed by atoms with Crippen molar-refractivity contribution in [2.24, 2.45) is 7.05 Å². The third-order valence-electron chi connectivity index (χ3n) is 3.15. The average molecular weight is 332 g/mol. The first-order chi connectivity index (χ1) is 11.5. The number of nitrogens with zero attached hydrogens (tertiary/aromatic N) is 2. The minimum atomic E-state index is -0.481. The van der Waals surface area contributed by atoms with E-state index >= 15 is 0 Å². The molecule has 3 rings (SSSR count). The molecule has 0 saturated carbocycles. The van der Waals surface area contributed by atoms with Crippen molar-refractivity contribution in [3.63, 3.8) is 0 Å². The topological polar surface area (TPSA) is 117 Å². The van der Waals surface area contributed by atoms with Crippen LogP contribution in [-0.4, -0.2) is 32.3 Å². The lowest BCUT2D eigenvalue weighted by atomic mass is 10.2. The Bertz CT molecular complexity index is 948. The van der Waals surface area contributed by atoms with Crippen LogP contribution >= 0.6 is 0 Å². The molecule has 9 heteroatoms. The second-order valence-corrected chi connectivity index (χ2v) is 4.66. The van der Waals surface area contributed by atoms with Gasteiger partial charge in [-0.05, 0) is 18.2 Å². The highest BCUT2D eigenvalue weighted by Gasteiger charge is 2.13. The molecule has 24 heavy (non-hydrogen) atoms. The molecule has 3 N–H and O–H groups in total. The number of pyridine rings is 1. The Balaban J connectivity index is 0.000000647. The number of anilines is 1. The molecule has 0 aliphatic rings. The van der Waals surface area contributed by atoms with Gasteiger partial charge in [0.2, 0.25) is 0 Å². The number of nitrogens with one attached hydrogen (secondary N) is 2. The number of aromatic amines is 1. The minimum absolute atomic E-state index is 0.214. The molecule has 0 radical (unpaired) electrons. The maximum absolute atomic E-state index is 13.5. The normalized spacial score (nSPS) is 9.92. The number of rotatable bonds is 2. The molecule has 124 valence electrons. The summed E-state index contributed by atoms with van der Waals surface area (Å²) in [5, 5.41) is 16.3. The van der Waals surface area contributed by atoms with Crippen LogP contribution in [-0.2, 0) is 11.8 Å². The Morgan fingerprint density at radius 2 is 2.12 bits per heavy atom. The number of aryl methyl sites for hydroxylation is 1. The Hall–Kier alpha value is -3.49. The molecule has 0 saturated heterocycles. The summed E-state index contributed by atoms with van der Waals surface area (Å²) in [7, 11) is 1.59. The lowest BCUT2D eigenvalue weighted by molar-refractivity contribution is -0.122. The number of aromatic nitrogens is 3. The standard InChI is InChI=1S/C14H11FN4O2.CH2O2/c1-19-6-5-8(7-11(19)20)14(21)16-13-9-3-2-4-10(15)12(9)17-18-13;2-1-3/h2-7H,1H3,(H2,16,17,18,21);1H,(H,2,3). The molecule has 0 aliphatic heterocycles. The van der Waals surface area contributed by atoms with E-state index in [9.17, 15) is 14.0 Å². The first-order valence-electron chi connectivity index (χ1n) is 6.66. The van der Waals surface area contributed by atoms with E-state index < -0.39 is 11.7 Å². The number of amides is 1. The summed E-state index contributed by atoms with van der Waals surface area (Å²) >= 11 is 0. The summed E-state index contributed by atoms with van der Waals surface area (Å²) < 4.78 is 14.9. The molecular weight excluding hydrogens is 319 g/mol. The first-order valence-corrected chi connectivity index (χ1v) is 6.66. The van der Waals surface area contributed by atoms with Crippen molar-refractivity contribution in [1.82, 2.24) is 14.8 Å². The summed E-state index contributed by atoms with van der Waals surface area (Å²) in [4.78, 5) is 32.0. The zero-order valence-corrected chi connectivity index (χ0v) is 12.5. The summed E-state index contributed by atoms with van der Waals surface area (Å²) in [6, 6.07) is 7.21. The van der Waals surface area contributed by atoms with E-state index in [1.54, 1.807) is 13.1 Å². The van der Waals surface area contributed by atoms with Crippen LogP contribution < -0.4 is 10.9 Å². The Kier molecular flexibility index (Phi) is 5.05. The monoisotopic (exact) mass is 332 g/mol. The largest absolute Gasteiger partial charge is 0.483 e. The van der Waals surface area contributed by atoms with Crippen molar-refractivity contribution < 1.29 is 19.1 Å². The van der Waals surface area contributed by atoms with Crippen molar-refractivity contribution in [3.05, 3.63) is 58.3 Å². The van der Waals surface area contributed by atoms with Crippen LogP contribution in [0.5, 0.6) is 0 Å². The molecular formula is C15H13FN4O4. The maximum atomic E-state index is 13.5. The number of para-hydroxylation sites is 1. The molecule has 2 aromatic heterocycles. The van der Waals surface area contributed by atoms with Crippen LogP contribution in [0, 0.1) is 5.82 Å². The lowest BCUT2D eigenvalue weighted by Gasteiger charge is -2.03. The summed E-state index contributed by atoms with van der Waals surface area (Å²) in [6.45, 7) is -0.250. The molecule has 0 unspecified atom stereocenters. The van der Waals surface area contributed by atoms with E-state index in [0.717, 1.165) is 0 Å². The van der Waals surface area contributed by atoms with E-state index in [1.165, 1.54) is 35.0 Å². The second-order valence-electron chi connectivity index (χ2n) is 4.66. The Morgan fingerprint density at radius 3 is 2.79 bits per heavy atom. The number of carbonyl (C=O) groups is 2. The van der Waals surface area contributed by atoms with Gasteiger partial charge in [-0.15, -0.1) is 0 Å². The van der Waals surface area contributed by atoms with Crippen molar-refractivity contribution in [2.75, 3.05) is 5.32 Å². The van der Waals surface area contributed by atoms with Crippen LogP contribution in [0.3, 0.4) is 0 Å². The molecule has 8 nitrogen and oxygen atoms in total. The van der Waals surface area contributed by atoms with Crippen LogP contribution in [0.1, 0.15) is 10.4 Å². The third kappa shape index (κ3) is 3.46. The van der Waals surface area contributed by atoms with Crippen molar-refractivity contribution >= 4 is 29.1 Å². The predicted octanol–water partition coefficient (Wildman–Crippen LogP) is 1.35. The molecule has 3 aromatic rings. The Labute approximate surface area is 134 Å². The van der Waals surface area contributed by atoms with Crippen molar-refractivity contribution in [3.8, 4) is 0 Å². The van der Waals surface area contributed by atoms with E-state index in [-0.39, 0.29) is 28.9 Å². The quantitative estimate of drug-likeness (QED) is 0.613. The fourth-order valence-electron chi connectivity index (χ4n) is 1.97. The minimum Gasteiger partial charge on any atom is -0.483 e. The number of halogens is 1. The summed E-state index contributed by atoms with van der Waals surface area (Å²) in [5.41, 5.74) is 0.142. The predicted molar refractivity (Wildman–Crippen MR) is 84.4 cm³/mol. The maximum Gasteiger partial charge on any atom is 0.290 e. The highest BCUT2D eigenvalue weighted by molar-refractivity contribution is 6.07. The lowest BCUT2D eigenvalue weighted by Crippen LogP contribution is -2.20. The smallest absolute Gasteiger partial charge is 0.290 e. The van der Waals surface area contributed by atoms with Crippen LogP contribution in [0.2, 0.25) is 0 Å². The number of benzene rings is 1. The molecule has 0 atom stereocenters. The summed E-state index contributed by atoms with van der Waals surface area (Å²) in [5.74, 6) is -0.713. The van der Waals surface area contributed by atoms with Gasteiger partial charge in [0.1, 0.15) is 11.3 Å². The van der Waals surface area contributed by atoms with Gasteiger partial charge < -0.3 is 15.0 Å².